The third-order valence-electron chi connectivity index (χ3n) is 2.24. The number of benzene rings is 1. The van der Waals surface area contributed by atoms with E-state index in [1.54, 1.807) is 22.9 Å². The van der Waals surface area contributed by atoms with Crippen LogP contribution in [0.4, 0.5) is 0 Å². The zero-order valence-electron chi connectivity index (χ0n) is 9.13. The van der Waals surface area contributed by atoms with Crippen LogP contribution in [-0.4, -0.2) is 21.5 Å². The van der Waals surface area contributed by atoms with Gasteiger partial charge in [0.05, 0.1) is 12.8 Å². The van der Waals surface area contributed by atoms with Gasteiger partial charge >= 0.3 is 0 Å². The summed E-state index contributed by atoms with van der Waals surface area (Å²) in [6.07, 6.45) is 4.60. The van der Waals surface area contributed by atoms with Crippen LogP contribution in [-0.2, 0) is 13.5 Å². The lowest BCUT2D eigenvalue weighted by Gasteiger charge is -2.04. The minimum absolute atomic E-state index is 0.221. The van der Waals surface area contributed by atoms with E-state index < -0.39 is 0 Å². The Morgan fingerprint density at radius 2 is 2.31 bits per heavy atom. The van der Waals surface area contributed by atoms with Crippen molar-refractivity contribution >= 4 is 0 Å². The minimum Gasteiger partial charge on any atom is -0.508 e. The van der Waals surface area contributed by atoms with Gasteiger partial charge in [0, 0.05) is 25.7 Å². The molecule has 0 spiro atoms. The van der Waals surface area contributed by atoms with Crippen LogP contribution in [0, 0.1) is 0 Å². The highest BCUT2D eigenvalue weighted by molar-refractivity contribution is 5.31. The smallest absolute Gasteiger partial charge is 0.122 e. The molecule has 1 N–H and O–H groups in total. The first-order valence-corrected chi connectivity index (χ1v) is 5.13. The van der Waals surface area contributed by atoms with Gasteiger partial charge in [-0.2, -0.15) is 5.10 Å². The molecule has 1 aromatic heterocycles. The molecule has 0 saturated heterocycles. The molecule has 1 heterocycles. The average Bonchev–Trinajstić information content (AvgIpc) is 2.64. The summed E-state index contributed by atoms with van der Waals surface area (Å²) in [4.78, 5) is 0. The molecule has 0 radical (unpaired) electrons. The molecule has 0 aliphatic rings. The number of phenolic OH excluding ortho intramolecular Hbond substituents is 1. The van der Waals surface area contributed by atoms with Crippen LogP contribution in [0.15, 0.2) is 36.7 Å². The first-order valence-electron chi connectivity index (χ1n) is 5.13. The first-order chi connectivity index (χ1) is 7.74. The van der Waals surface area contributed by atoms with E-state index in [2.05, 4.69) is 5.10 Å². The maximum absolute atomic E-state index is 9.24. The molecule has 2 rings (SSSR count). The molecule has 1 aromatic carbocycles. The fourth-order valence-electron chi connectivity index (χ4n) is 1.46. The molecule has 0 saturated carbocycles. The van der Waals surface area contributed by atoms with Gasteiger partial charge in [0.25, 0.3) is 0 Å². The zero-order chi connectivity index (χ0) is 11.4. The maximum atomic E-state index is 9.24. The highest BCUT2D eigenvalue weighted by Crippen LogP contribution is 2.17. The molecule has 0 atom stereocenters. The molecule has 0 fully saturated rings. The fourth-order valence-corrected chi connectivity index (χ4v) is 1.46. The van der Waals surface area contributed by atoms with Crippen molar-refractivity contribution in [3.63, 3.8) is 0 Å². The molecule has 0 amide bonds. The molecular formula is C12H14N2O2. The quantitative estimate of drug-likeness (QED) is 0.850. The molecular weight excluding hydrogens is 204 g/mol. The number of hydrogen-bond acceptors (Lipinski definition) is 3. The average molecular weight is 218 g/mol. The number of aromatic hydroxyl groups is 1. The van der Waals surface area contributed by atoms with Crippen molar-refractivity contribution in [3.8, 4) is 11.5 Å². The Morgan fingerprint density at radius 3 is 3.00 bits per heavy atom. The van der Waals surface area contributed by atoms with Crippen LogP contribution in [0.3, 0.4) is 0 Å². The summed E-state index contributed by atoms with van der Waals surface area (Å²) in [5, 5.41) is 13.3. The number of nitrogens with zero attached hydrogens (tertiary/aromatic N) is 2. The molecule has 16 heavy (non-hydrogen) atoms. The van der Waals surface area contributed by atoms with Gasteiger partial charge in [0.2, 0.25) is 0 Å². The van der Waals surface area contributed by atoms with Crippen molar-refractivity contribution in [2.75, 3.05) is 6.61 Å². The van der Waals surface area contributed by atoms with E-state index in [0.29, 0.717) is 12.4 Å². The predicted molar refractivity (Wildman–Crippen MR) is 60.5 cm³/mol. The fraction of sp³-hybridized carbons (Fsp3) is 0.250. The Balaban J connectivity index is 1.84. The van der Waals surface area contributed by atoms with Crippen LogP contribution in [0.25, 0.3) is 0 Å². The third kappa shape index (κ3) is 2.76. The standard InChI is InChI=1S/C12H14N2O2/c1-14-9-10(8-13-14)5-6-16-12-4-2-3-11(15)7-12/h2-4,7-9,15H,5-6H2,1H3. The van der Waals surface area contributed by atoms with Crippen LogP contribution >= 0.6 is 0 Å². The topological polar surface area (TPSA) is 47.3 Å². The van der Waals surface area contributed by atoms with Gasteiger partial charge < -0.3 is 9.84 Å². The van der Waals surface area contributed by atoms with Crippen molar-refractivity contribution < 1.29 is 9.84 Å². The summed E-state index contributed by atoms with van der Waals surface area (Å²) in [7, 11) is 1.89. The lowest BCUT2D eigenvalue weighted by Crippen LogP contribution is -2.00. The Morgan fingerprint density at radius 1 is 1.44 bits per heavy atom. The zero-order valence-corrected chi connectivity index (χ0v) is 9.13. The van der Waals surface area contributed by atoms with Gasteiger partial charge in [-0.3, -0.25) is 4.68 Å². The summed E-state index contributed by atoms with van der Waals surface area (Å²) < 4.78 is 7.27. The summed E-state index contributed by atoms with van der Waals surface area (Å²) in [5.41, 5.74) is 1.14. The molecule has 4 heteroatoms. The first kappa shape index (κ1) is 10.5. The second kappa shape index (κ2) is 4.70. The van der Waals surface area contributed by atoms with E-state index >= 15 is 0 Å². The molecule has 2 aromatic rings. The maximum Gasteiger partial charge on any atom is 0.122 e. The molecule has 0 unspecified atom stereocenters. The third-order valence-corrected chi connectivity index (χ3v) is 2.24. The van der Waals surface area contributed by atoms with Gasteiger partial charge in [-0.15, -0.1) is 0 Å². The largest absolute Gasteiger partial charge is 0.508 e. The number of ether oxygens (including phenoxy) is 1. The lowest BCUT2D eigenvalue weighted by atomic mass is 10.3. The Hall–Kier alpha value is -1.97. The van der Waals surface area contributed by atoms with E-state index in [1.165, 1.54) is 0 Å². The Bertz CT molecular complexity index is 466. The van der Waals surface area contributed by atoms with Crippen molar-refractivity contribution in [3.05, 3.63) is 42.2 Å². The van der Waals surface area contributed by atoms with Crippen LogP contribution in [0.2, 0.25) is 0 Å². The summed E-state index contributed by atoms with van der Waals surface area (Å²) in [6.45, 7) is 0.579. The van der Waals surface area contributed by atoms with Gasteiger partial charge in [0.1, 0.15) is 11.5 Å². The Labute approximate surface area is 94.1 Å². The molecule has 4 nitrogen and oxygen atoms in total. The molecule has 84 valence electrons. The highest BCUT2D eigenvalue weighted by Gasteiger charge is 1.98. The van der Waals surface area contributed by atoms with E-state index in [0.717, 1.165) is 12.0 Å². The summed E-state index contributed by atoms with van der Waals surface area (Å²) in [6, 6.07) is 6.80. The van der Waals surface area contributed by atoms with Crippen molar-refractivity contribution in [1.29, 1.82) is 0 Å². The van der Waals surface area contributed by atoms with E-state index in [-0.39, 0.29) is 5.75 Å². The van der Waals surface area contributed by atoms with Gasteiger partial charge in [0.15, 0.2) is 0 Å². The number of aromatic nitrogens is 2. The van der Waals surface area contributed by atoms with Crippen molar-refractivity contribution in [2.45, 2.75) is 6.42 Å². The minimum atomic E-state index is 0.221. The normalized spacial score (nSPS) is 10.3. The van der Waals surface area contributed by atoms with E-state index in [1.807, 2.05) is 25.5 Å². The molecule has 0 bridgehead atoms. The van der Waals surface area contributed by atoms with Gasteiger partial charge in [-0.1, -0.05) is 6.07 Å². The van der Waals surface area contributed by atoms with Crippen molar-refractivity contribution in [1.82, 2.24) is 9.78 Å². The second-order valence-electron chi connectivity index (χ2n) is 3.62. The SMILES string of the molecule is Cn1cc(CCOc2cccc(O)c2)cn1. The monoisotopic (exact) mass is 218 g/mol. The second-order valence-corrected chi connectivity index (χ2v) is 3.62. The number of hydrogen-bond donors (Lipinski definition) is 1. The predicted octanol–water partition coefficient (Wildman–Crippen LogP) is 1.75. The molecule has 0 aliphatic carbocycles. The van der Waals surface area contributed by atoms with Gasteiger partial charge in [-0.25, -0.2) is 0 Å². The Kier molecular flexibility index (Phi) is 3.10. The van der Waals surface area contributed by atoms with Crippen molar-refractivity contribution in [2.24, 2.45) is 7.05 Å². The van der Waals surface area contributed by atoms with Crippen LogP contribution < -0.4 is 4.74 Å². The molecule has 0 aliphatic heterocycles. The van der Waals surface area contributed by atoms with Crippen LogP contribution in [0.5, 0.6) is 11.5 Å². The lowest BCUT2D eigenvalue weighted by molar-refractivity contribution is 0.320. The number of phenols is 1. The van der Waals surface area contributed by atoms with E-state index in [9.17, 15) is 5.11 Å². The highest BCUT2D eigenvalue weighted by atomic mass is 16.5. The number of rotatable bonds is 4. The number of aryl methyl sites for hydroxylation is 1. The summed E-state index contributed by atoms with van der Waals surface area (Å²) in [5.74, 6) is 0.905. The van der Waals surface area contributed by atoms with E-state index in [4.69, 9.17) is 4.74 Å². The van der Waals surface area contributed by atoms with Crippen LogP contribution in [0.1, 0.15) is 5.56 Å². The van der Waals surface area contributed by atoms with Gasteiger partial charge in [-0.05, 0) is 17.7 Å². The summed E-state index contributed by atoms with van der Waals surface area (Å²) >= 11 is 0.